The standard InChI is InChI=1S/C20H19ClF2N4O2/c21-13-1-2-16-17(7-13)25-5-3-18(16)29-15-4-6-26(10-15)11-19(28)27-12-20(22,23)8-14(27)9-24/h1-3,5,7,14-15H,4,6,8,10-12H2. The van der Waals surface area contributed by atoms with Gasteiger partial charge in [0, 0.05) is 36.1 Å². The number of pyridine rings is 1. The molecule has 29 heavy (non-hydrogen) atoms. The Balaban J connectivity index is 1.38. The van der Waals surface area contributed by atoms with Crippen LogP contribution in [0.4, 0.5) is 8.78 Å². The molecule has 2 atom stereocenters. The Bertz CT molecular complexity index is 981. The third-order valence-corrected chi connectivity index (χ3v) is 5.52. The van der Waals surface area contributed by atoms with Gasteiger partial charge in [-0.25, -0.2) is 8.78 Å². The lowest BCUT2D eigenvalue weighted by Crippen LogP contribution is -2.42. The molecule has 0 spiro atoms. The van der Waals surface area contributed by atoms with E-state index in [-0.39, 0.29) is 12.6 Å². The maximum Gasteiger partial charge on any atom is 0.268 e. The quantitative estimate of drug-likeness (QED) is 0.760. The molecule has 1 amide bonds. The minimum Gasteiger partial charge on any atom is -0.488 e. The monoisotopic (exact) mass is 420 g/mol. The highest BCUT2D eigenvalue weighted by Gasteiger charge is 2.47. The minimum atomic E-state index is -3.00. The molecule has 4 rings (SSSR count). The van der Waals surface area contributed by atoms with E-state index in [1.807, 2.05) is 11.0 Å². The van der Waals surface area contributed by atoms with E-state index in [0.29, 0.717) is 30.3 Å². The average molecular weight is 421 g/mol. The first kappa shape index (κ1) is 19.8. The van der Waals surface area contributed by atoms with Crippen molar-refractivity contribution in [2.24, 2.45) is 0 Å². The summed E-state index contributed by atoms with van der Waals surface area (Å²) in [7, 11) is 0. The van der Waals surface area contributed by atoms with Crippen LogP contribution in [0.2, 0.25) is 5.02 Å². The molecule has 0 N–H and O–H groups in total. The van der Waals surface area contributed by atoms with Gasteiger partial charge in [0.1, 0.15) is 17.9 Å². The molecular weight excluding hydrogens is 402 g/mol. The zero-order chi connectivity index (χ0) is 20.6. The van der Waals surface area contributed by atoms with Crippen LogP contribution in [0.15, 0.2) is 30.5 Å². The Morgan fingerprint density at radius 3 is 3.03 bits per heavy atom. The van der Waals surface area contributed by atoms with Crippen molar-refractivity contribution in [2.75, 3.05) is 26.2 Å². The van der Waals surface area contributed by atoms with Crippen LogP contribution in [-0.2, 0) is 4.79 Å². The van der Waals surface area contributed by atoms with Gasteiger partial charge in [0.25, 0.3) is 5.92 Å². The number of rotatable bonds is 4. The first-order valence-corrected chi connectivity index (χ1v) is 9.73. The molecule has 2 aliphatic rings. The fraction of sp³-hybridized carbons (Fsp3) is 0.450. The molecule has 3 heterocycles. The number of alkyl halides is 2. The van der Waals surface area contributed by atoms with E-state index < -0.39 is 30.8 Å². The largest absolute Gasteiger partial charge is 0.488 e. The number of carbonyl (C=O) groups is 1. The van der Waals surface area contributed by atoms with Crippen molar-refractivity contribution in [1.29, 1.82) is 5.26 Å². The van der Waals surface area contributed by atoms with Crippen molar-refractivity contribution in [3.05, 3.63) is 35.5 Å². The number of halogens is 3. The van der Waals surface area contributed by atoms with Gasteiger partial charge in [0.15, 0.2) is 0 Å². The number of amides is 1. The first-order chi connectivity index (χ1) is 13.8. The van der Waals surface area contributed by atoms with Gasteiger partial charge in [-0.05, 0) is 30.7 Å². The fourth-order valence-corrected chi connectivity index (χ4v) is 4.06. The van der Waals surface area contributed by atoms with Crippen molar-refractivity contribution in [3.8, 4) is 11.8 Å². The van der Waals surface area contributed by atoms with E-state index in [4.69, 9.17) is 21.6 Å². The number of likely N-dealkylation sites (tertiary alicyclic amines) is 2. The zero-order valence-electron chi connectivity index (χ0n) is 15.5. The number of benzene rings is 1. The lowest BCUT2D eigenvalue weighted by atomic mass is 10.2. The topological polar surface area (TPSA) is 69.5 Å². The van der Waals surface area contributed by atoms with E-state index in [1.54, 1.807) is 30.5 Å². The number of ether oxygens (including phenoxy) is 1. The molecule has 0 saturated carbocycles. The molecule has 2 saturated heterocycles. The molecule has 2 aliphatic heterocycles. The van der Waals surface area contributed by atoms with Crippen LogP contribution in [0.25, 0.3) is 10.9 Å². The lowest BCUT2D eigenvalue weighted by Gasteiger charge is -2.23. The van der Waals surface area contributed by atoms with Crippen molar-refractivity contribution in [2.45, 2.75) is 30.9 Å². The van der Waals surface area contributed by atoms with E-state index in [1.165, 1.54) is 0 Å². The number of hydrogen-bond donors (Lipinski definition) is 0. The summed E-state index contributed by atoms with van der Waals surface area (Å²) < 4.78 is 33.3. The van der Waals surface area contributed by atoms with E-state index in [0.717, 1.165) is 15.8 Å². The predicted octanol–water partition coefficient (Wildman–Crippen LogP) is 3.10. The molecule has 0 bridgehead atoms. The number of hydrogen-bond acceptors (Lipinski definition) is 5. The Labute approximate surface area is 171 Å². The highest BCUT2D eigenvalue weighted by Crippen LogP contribution is 2.32. The fourth-order valence-electron chi connectivity index (χ4n) is 3.89. The second-order valence-corrected chi connectivity index (χ2v) is 7.90. The Hall–Kier alpha value is -2.50. The summed E-state index contributed by atoms with van der Waals surface area (Å²) in [5, 5.41) is 10.5. The molecule has 2 aromatic rings. The van der Waals surface area contributed by atoms with E-state index in [9.17, 15) is 13.6 Å². The van der Waals surface area contributed by atoms with Gasteiger partial charge in [-0.15, -0.1) is 0 Å². The van der Waals surface area contributed by atoms with Gasteiger partial charge in [-0.2, -0.15) is 5.26 Å². The van der Waals surface area contributed by atoms with Gasteiger partial charge in [-0.1, -0.05) is 11.6 Å². The Morgan fingerprint density at radius 1 is 1.41 bits per heavy atom. The first-order valence-electron chi connectivity index (χ1n) is 9.35. The lowest BCUT2D eigenvalue weighted by molar-refractivity contribution is -0.133. The summed E-state index contributed by atoms with van der Waals surface area (Å²) in [5.74, 6) is -2.76. The SMILES string of the molecule is N#CC1CC(F)(F)CN1C(=O)CN1CCC(Oc2ccnc3cc(Cl)ccc23)C1. The van der Waals surface area contributed by atoms with Crippen molar-refractivity contribution >= 4 is 28.4 Å². The number of fused-ring (bicyclic) bond motifs is 1. The van der Waals surface area contributed by atoms with Gasteiger partial charge in [-0.3, -0.25) is 14.7 Å². The second-order valence-electron chi connectivity index (χ2n) is 7.46. The van der Waals surface area contributed by atoms with Crippen molar-refractivity contribution in [1.82, 2.24) is 14.8 Å². The summed E-state index contributed by atoms with van der Waals surface area (Å²) in [4.78, 5) is 19.6. The number of nitrogens with zero attached hydrogens (tertiary/aromatic N) is 4. The molecule has 1 aromatic carbocycles. The highest BCUT2D eigenvalue weighted by molar-refractivity contribution is 6.31. The molecule has 0 aliphatic carbocycles. The van der Waals surface area contributed by atoms with Crippen LogP contribution in [-0.4, -0.2) is 64.9 Å². The minimum absolute atomic E-state index is 0.000814. The maximum absolute atomic E-state index is 13.6. The van der Waals surface area contributed by atoms with Gasteiger partial charge < -0.3 is 9.64 Å². The van der Waals surface area contributed by atoms with Crippen molar-refractivity contribution in [3.63, 3.8) is 0 Å². The summed E-state index contributed by atoms with van der Waals surface area (Å²) in [6.07, 6.45) is 1.64. The van der Waals surface area contributed by atoms with Crippen LogP contribution in [0, 0.1) is 11.3 Å². The summed E-state index contributed by atoms with van der Waals surface area (Å²) in [6, 6.07) is 7.91. The summed E-state index contributed by atoms with van der Waals surface area (Å²) in [6.45, 7) is 0.432. The van der Waals surface area contributed by atoms with E-state index >= 15 is 0 Å². The predicted molar refractivity (Wildman–Crippen MR) is 103 cm³/mol. The highest BCUT2D eigenvalue weighted by atomic mass is 35.5. The number of nitriles is 1. The zero-order valence-corrected chi connectivity index (χ0v) is 16.3. The van der Waals surface area contributed by atoms with Gasteiger partial charge in [0.05, 0.1) is 24.7 Å². The molecule has 1 aromatic heterocycles. The normalized spacial score (nSPS) is 24.0. The number of carbonyl (C=O) groups excluding carboxylic acids is 1. The third kappa shape index (κ3) is 4.26. The molecule has 0 radical (unpaired) electrons. The van der Waals surface area contributed by atoms with Crippen LogP contribution >= 0.6 is 11.6 Å². The van der Waals surface area contributed by atoms with Gasteiger partial charge in [0.2, 0.25) is 5.91 Å². The summed E-state index contributed by atoms with van der Waals surface area (Å²) >= 11 is 6.01. The third-order valence-electron chi connectivity index (χ3n) is 5.29. The van der Waals surface area contributed by atoms with E-state index in [2.05, 4.69) is 4.98 Å². The average Bonchev–Trinajstić information content (AvgIpc) is 3.24. The molecule has 2 unspecified atom stereocenters. The summed E-state index contributed by atoms with van der Waals surface area (Å²) in [5.41, 5.74) is 0.734. The Kier molecular flexibility index (Phi) is 5.28. The maximum atomic E-state index is 13.6. The smallest absolute Gasteiger partial charge is 0.268 e. The number of aromatic nitrogens is 1. The molecule has 152 valence electrons. The molecular formula is C20H19ClF2N4O2. The van der Waals surface area contributed by atoms with Gasteiger partial charge >= 0.3 is 0 Å². The van der Waals surface area contributed by atoms with Crippen LogP contribution < -0.4 is 4.74 Å². The van der Waals surface area contributed by atoms with Crippen LogP contribution in [0.3, 0.4) is 0 Å². The molecule has 6 nitrogen and oxygen atoms in total. The Morgan fingerprint density at radius 2 is 2.24 bits per heavy atom. The molecule has 9 heteroatoms. The second kappa shape index (κ2) is 7.73. The van der Waals surface area contributed by atoms with Crippen LogP contribution in [0.1, 0.15) is 12.8 Å². The van der Waals surface area contributed by atoms with Crippen molar-refractivity contribution < 1.29 is 18.3 Å². The van der Waals surface area contributed by atoms with Crippen LogP contribution in [0.5, 0.6) is 5.75 Å². The molecule has 2 fully saturated rings.